The van der Waals surface area contributed by atoms with Gasteiger partial charge >= 0.3 is 12.0 Å². The second kappa shape index (κ2) is 6.78. The van der Waals surface area contributed by atoms with Crippen LogP contribution < -0.4 is 10.6 Å². The first-order valence-electron chi connectivity index (χ1n) is 7.21. The number of hydrogen-bond donors (Lipinski definition) is 3. The number of hydrogen-bond acceptors (Lipinski definition) is 2. The van der Waals surface area contributed by atoms with Crippen molar-refractivity contribution in [3.8, 4) is 0 Å². The van der Waals surface area contributed by atoms with Gasteiger partial charge in [0, 0.05) is 6.04 Å². The number of aliphatic carboxylic acids is 1. The van der Waals surface area contributed by atoms with E-state index in [0.717, 1.165) is 19.3 Å². The SMILES string of the molecule is CCC(C)(NC(=O)NC1CCCCCC1C)C(=O)O. The maximum absolute atomic E-state index is 12.0. The third kappa shape index (κ3) is 4.40. The first kappa shape index (κ1) is 15.8. The maximum atomic E-state index is 12.0. The van der Waals surface area contributed by atoms with E-state index in [4.69, 9.17) is 5.11 Å². The van der Waals surface area contributed by atoms with Crippen molar-refractivity contribution in [2.24, 2.45) is 5.92 Å². The monoisotopic (exact) mass is 270 g/mol. The van der Waals surface area contributed by atoms with E-state index < -0.39 is 11.5 Å². The van der Waals surface area contributed by atoms with Crippen LogP contribution in [0.2, 0.25) is 0 Å². The Morgan fingerprint density at radius 1 is 1.26 bits per heavy atom. The van der Waals surface area contributed by atoms with Crippen molar-refractivity contribution in [1.82, 2.24) is 10.6 Å². The minimum atomic E-state index is -1.20. The van der Waals surface area contributed by atoms with Gasteiger partial charge in [-0.1, -0.05) is 33.1 Å². The average molecular weight is 270 g/mol. The summed E-state index contributed by atoms with van der Waals surface area (Å²) in [5.41, 5.74) is -1.20. The lowest BCUT2D eigenvalue weighted by atomic mass is 9.97. The van der Waals surface area contributed by atoms with Gasteiger partial charge in [0.2, 0.25) is 0 Å². The van der Waals surface area contributed by atoms with Crippen LogP contribution in [0.25, 0.3) is 0 Å². The summed E-state index contributed by atoms with van der Waals surface area (Å²) >= 11 is 0. The summed E-state index contributed by atoms with van der Waals surface area (Å²) in [6.45, 7) is 5.43. The Labute approximate surface area is 115 Å². The Morgan fingerprint density at radius 2 is 1.89 bits per heavy atom. The van der Waals surface area contributed by atoms with Gasteiger partial charge in [0.15, 0.2) is 0 Å². The number of carboxylic acids is 1. The Kier molecular flexibility index (Phi) is 5.63. The summed E-state index contributed by atoms with van der Waals surface area (Å²) in [5, 5.41) is 14.7. The Balaban J connectivity index is 2.56. The lowest BCUT2D eigenvalue weighted by molar-refractivity contribution is -0.143. The third-order valence-electron chi connectivity index (χ3n) is 4.25. The molecule has 0 heterocycles. The highest BCUT2D eigenvalue weighted by Gasteiger charge is 2.33. The number of carbonyl (C=O) groups is 2. The molecule has 0 aromatic rings. The van der Waals surface area contributed by atoms with Crippen LogP contribution in [0.3, 0.4) is 0 Å². The van der Waals surface area contributed by atoms with Gasteiger partial charge in [0.05, 0.1) is 0 Å². The predicted molar refractivity (Wildman–Crippen MR) is 74.0 cm³/mol. The van der Waals surface area contributed by atoms with Gasteiger partial charge in [0.25, 0.3) is 0 Å². The highest BCUT2D eigenvalue weighted by Crippen LogP contribution is 2.23. The standard InChI is InChI=1S/C14H26N2O3/c1-4-14(3,12(17)18)16-13(19)15-11-9-7-5-6-8-10(11)2/h10-11H,4-9H2,1-3H3,(H,17,18)(H2,15,16,19). The van der Waals surface area contributed by atoms with Crippen molar-refractivity contribution in [2.45, 2.75) is 70.9 Å². The van der Waals surface area contributed by atoms with E-state index in [-0.39, 0.29) is 12.1 Å². The van der Waals surface area contributed by atoms with Crippen LogP contribution >= 0.6 is 0 Å². The summed E-state index contributed by atoms with van der Waals surface area (Å²) in [7, 11) is 0. The van der Waals surface area contributed by atoms with Crippen molar-refractivity contribution in [2.75, 3.05) is 0 Å². The highest BCUT2D eigenvalue weighted by molar-refractivity contribution is 5.85. The molecule has 0 aliphatic heterocycles. The Hall–Kier alpha value is -1.26. The zero-order valence-electron chi connectivity index (χ0n) is 12.2. The molecule has 5 heteroatoms. The topological polar surface area (TPSA) is 78.4 Å². The molecule has 110 valence electrons. The van der Waals surface area contributed by atoms with Crippen LogP contribution in [0.5, 0.6) is 0 Å². The first-order valence-corrected chi connectivity index (χ1v) is 7.21. The molecule has 3 atom stereocenters. The van der Waals surface area contributed by atoms with Gasteiger partial charge in [-0.15, -0.1) is 0 Å². The number of nitrogens with one attached hydrogen (secondary N) is 2. The fourth-order valence-electron chi connectivity index (χ4n) is 2.46. The molecule has 0 spiro atoms. The minimum absolute atomic E-state index is 0.150. The van der Waals surface area contributed by atoms with Crippen molar-refractivity contribution >= 4 is 12.0 Å². The molecule has 0 saturated heterocycles. The molecule has 3 unspecified atom stereocenters. The Morgan fingerprint density at radius 3 is 2.47 bits per heavy atom. The van der Waals surface area contributed by atoms with Crippen LogP contribution in [0.15, 0.2) is 0 Å². The van der Waals surface area contributed by atoms with Crippen LogP contribution in [0.4, 0.5) is 4.79 Å². The largest absolute Gasteiger partial charge is 0.480 e. The summed E-state index contributed by atoms with van der Waals surface area (Å²) in [5.74, 6) is -0.551. The molecular weight excluding hydrogens is 244 g/mol. The van der Waals surface area contributed by atoms with E-state index in [1.807, 2.05) is 0 Å². The molecule has 1 saturated carbocycles. The lowest BCUT2D eigenvalue weighted by Crippen LogP contribution is -2.56. The van der Waals surface area contributed by atoms with Crippen LogP contribution in [0.1, 0.15) is 59.3 Å². The van der Waals surface area contributed by atoms with E-state index in [1.54, 1.807) is 6.92 Å². The number of carbonyl (C=O) groups excluding carboxylic acids is 1. The number of amides is 2. The smallest absolute Gasteiger partial charge is 0.329 e. The minimum Gasteiger partial charge on any atom is -0.480 e. The Bertz CT molecular complexity index is 333. The average Bonchev–Trinajstić information content (AvgIpc) is 2.54. The van der Waals surface area contributed by atoms with Gasteiger partial charge in [0.1, 0.15) is 5.54 Å². The molecule has 0 radical (unpaired) electrons. The fourth-order valence-corrected chi connectivity index (χ4v) is 2.46. The second-order valence-electron chi connectivity index (χ2n) is 5.81. The van der Waals surface area contributed by atoms with E-state index in [9.17, 15) is 9.59 Å². The highest BCUT2D eigenvalue weighted by atomic mass is 16.4. The van der Waals surface area contributed by atoms with Gasteiger partial charge in [-0.05, 0) is 32.1 Å². The van der Waals surface area contributed by atoms with Gasteiger partial charge in [-0.25, -0.2) is 9.59 Å². The van der Waals surface area contributed by atoms with Crippen molar-refractivity contribution in [3.63, 3.8) is 0 Å². The molecule has 19 heavy (non-hydrogen) atoms. The molecule has 5 nitrogen and oxygen atoms in total. The zero-order valence-corrected chi connectivity index (χ0v) is 12.2. The fraction of sp³-hybridized carbons (Fsp3) is 0.857. The van der Waals surface area contributed by atoms with Gasteiger partial charge in [-0.2, -0.15) is 0 Å². The number of carboxylic acid groups (broad SMARTS) is 1. The molecule has 0 aromatic carbocycles. The van der Waals surface area contributed by atoms with Crippen LogP contribution in [0, 0.1) is 5.92 Å². The quantitative estimate of drug-likeness (QED) is 0.687. The molecule has 1 aliphatic carbocycles. The zero-order chi connectivity index (χ0) is 14.5. The lowest BCUT2D eigenvalue weighted by Gasteiger charge is -2.28. The van der Waals surface area contributed by atoms with E-state index >= 15 is 0 Å². The molecule has 1 fully saturated rings. The molecule has 1 aliphatic rings. The van der Waals surface area contributed by atoms with Crippen molar-refractivity contribution in [3.05, 3.63) is 0 Å². The normalized spacial score (nSPS) is 26.9. The van der Waals surface area contributed by atoms with Gasteiger partial charge < -0.3 is 15.7 Å². The number of urea groups is 1. The summed E-state index contributed by atoms with van der Waals surface area (Å²) in [6.07, 6.45) is 6.00. The maximum Gasteiger partial charge on any atom is 0.329 e. The number of rotatable bonds is 4. The second-order valence-corrected chi connectivity index (χ2v) is 5.81. The molecule has 0 bridgehead atoms. The van der Waals surface area contributed by atoms with Crippen molar-refractivity contribution in [1.29, 1.82) is 0 Å². The molecular formula is C14H26N2O3. The summed E-state index contributed by atoms with van der Waals surface area (Å²) in [4.78, 5) is 23.1. The van der Waals surface area contributed by atoms with Gasteiger partial charge in [-0.3, -0.25) is 0 Å². The molecule has 2 amide bonds. The summed E-state index contributed by atoms with van der Waals surface area (Å²) in [6, 6.07) is -0.220. The molecule has 0 aromatic heterocycles. The van der Waals surface area contributed by atoms with Crippen LogP contribution in [-0.4, -0.2) is 28.7 Å². The van der Waals surface area contributed by atoms with E-state index in [2.05, 4.69) is 17.6 Å². The predicted octanol–water partition coefficient (Wildman–Crippen LogP) is 2.51. The van der Waals surface area contributed by atoms with E-state index in [0.29, 0.717) is 12.3 Å². The summed E-state index contributed by atoms with van der Waals surface area (Å²) < 4.78 is 0. The molecule has 3 N–H and O–H groups in total. The van der Waals surface area contributed by atoms with Crippen LogP contribution in [-0.2, 0) is 4.79 Å². The third-order valence-corrected chi connectivity index (χ3v) is 4.25. The molecule has 1 rings (SSSR count). The first-order chi connectivity index (χ1) is 8.89. The van der Waals surface area contributed by atoms with E-state index in [1.165, 1.54) is 19.8 Å². The van der Waals surface area contributed by atoms with Crippen molar-refractivity contribution < 1.29 is 14.7 Å².